The minimum atomic E-state index is -0.399. The second-order valence-corrected chi connectivity index (χ2v) is 8.80. The van der Waals surface area contributed by atoms with E-state index in [2.05, 4.69) is 10.4 Å². The summed E-state index contributed by atoms with van der Waals surface area (Å²) in [4.78, 5) is 12.3. The van der Waals surface area contributed by atoms with Gasteiger partial charge in [-0.05, 0) is 55.9 Å². The van der Waals surface area contributed by atoms with Gasteiger partial charge in [0, 0.05) is 5.69 Å². The maximum Gasteiger partial charge on any atom is 0.237 e. The first-order valence-corrected chi connectivity index (χ1v) is 9.94. The lowest BCUT2D eigenvalue weighted by Crippen LogP contribution is -2.22. The van der Waals surface area contributed by atoms with Gasteiger partial charge in [-0.3, -0.25) is 4.79 Å². The smallest absolute Gasteiger partial charge is 0.237 e. The number of rotatable bonds is 5. The number of nitrogens with zero attached hydrogens (tertiary/aromatic N) is 2. The van der Waals surface area contributed by atoms with Crippen molar-refractivity contribution in [3.8, 4) is 5.69 Å². The van der Waals surface area contributed by atoms with E-state index in [4.69, 9.17) is 12.2 Å². The number of aromatic nitrogens is 2. The predicted octanol–water partition coefficient (Wildman–Crippen LogP) is 5.23. The summed E-state index contributed by atoms with van der Waals surface area (Å²) in [5, 5.41) is 6.85. The first-order chi connectivity index (χ1) is 12.4. The topological polar surface area (TPSA) is 46.9 Å². The Balaban J connectivity index is 1.73. The number of halogens is 1. The molecule has 0 saturated heterocycles. The molecule has 1 amide bonds. The molecule has 0 spiro atoms. The lowest BCUT2D eigenvalue weighted by molar-refractivity contribution is -0.115. The highest BCUT2D eigenvalue weighted by Crippen LogP contribution is 2.29. The highest BCUT2D eigenvalue weighted by Gasteiger charge is 2.18. The minimum Gasteiger partial charge on any atom is -0.325 e. The molecule has 1 atom stereocenters. The zero-order valence-electron chi connectivity index (χ0n) is 14.1. The second-order valence-electron chi connectivity index (χ2n) is 5.59. The number of benzene rings is 2. The van der Waals surface area contributed by atoms with Crippen LogP contribution in [0.4, 0.5) is 10.1 Å². The fourth-order valence-electron chi connectivity index (χ4n) is 2.28. The van der Waals surface area contributed by atoms with Crippen molar-refractivity contribution in [1.82, 2.24) is 9.78 Å². The molecule has 4 nitrogen and oxygen atoms in total. The van der Waals surface area contributed by atoms with Gasteiger partial charge in [0.25, 0.3) is 0 Å². The Bertz CT molecular complexity index is 999. The van der Waals surface area contributed by atoms with Crippen LogP contribution in [0.3, 0.4) is 0 Å². The highest BCUT2D eigenvalue weighted by molar-refractivity contribution is 8.02. The lowest BCUT2D eigenvalue weighted by Gasteiger charge is -2.10. The molecule has 8 heteroatoms. The molecule has 0 aliphatic heterocycles. The summed E-state index contributed by atoms with van der Waals surface area (Å²) in [5.74, 6) is -0.609. The molecule has 0 saturated carbocycles. The van der Waals surface area contributed by atoms with E-state index in [0.717, 1.165) is 11.3 Å². The van der Waals surface area contributed by atoms with Gasteiger partial charge in [0.15, 0.2) is 8.29 Å². The molecule has 3 aromatic rings. The van der Waals surface area contributed by atoms with Gasteiger partial charge in [-0.1, -0.05) is 47.4 Å². The van der Waals surface area contributed by atoms with Gasteiger partial charge >= 0.3 is 0 Å². The highest BCUT2D eigenvalue weighted by atomic mass is 32.2. The molecule has 1 N–H and O–H groups in total. The third kappa shape index (κ3) is 4.38. The van der Waals surface area contributed by atoms with E-state index in [1.54, 1.807) is 23.7 Å². The van der Waals surface area contributed by atoms with Gasteiger partial charge in [-0.25, -0.2) is 9.07 Å². The molecule has 1 aromatic heterocycles. The van der Waals surface area contributed by atoms with Crippen LogP contribution in [0, 0.1) is 16.7 Å². The number of hydrogen-bond donors (Lipinski definition) is 1. The number of nitrogens with one attached hydrogen (secondary N) is 1. The summed E-state index contributed by atoms with van der Waals surface area (Å²) in [5.41, 5.74) is 2.43. The Labute approximate surface area is 164 Å². The molecule has 26 heavy (non-hydrogen) atoms. The van der Waals surface area contributed by atoms with Crippen LogP contribution >= 0.6 is 35.3 Å². The average Bonchev–Trinajstić information content (AvgIpc) is 2.95. The van der Waals surface area contributed by atoms with Crippen molar-refractivity contribution in [3.05, 3.63) is 63.9 Å². The van der Waals surface area contributed by atoms with Crippen molar-refractivity contribution in [1.29, 1.82) is 0 Å². The average molecular weight is 406 g/mol. The maximum absolute atomic E-state index is 13.2. The first-order valence-electron chi connectivity index (χ1n) is 7.83. The number of thioether (sulfide) groups is 1. The molecule has 0 aliphatic rings. The summed E-state index contributed by atoms with van der Waals surface area (Å²) in [6.45, 7) is 3.78. The molecule has 0 radical (unpaired) electrons. The van der Waals surface area contributed by atoms with E-state index >= 15 is 0 Å². The standard InChI is InChI=1S/C18H16FN3OS3/c1-11-6-3-4-9-15(11)22-18(24)26-17(21-22)25-12(2)16(23)20-14-8-5-7-13(19)10-14/h3-10,12H,1-2H3,(H,20,23)/t12-/m1/s1. The molecule has 0 aliphatic carbocycles. The van der Waals surface area contributed by atoms with Crippen molar-refractivity contribution < 1.29 is 9.18 Å². The number of amides is 1. The van der Waals surface area contributed by atoms with Crippen LogP contribution in [0.1, 0.15) is 12.5 Å². The van der Waals surface area contributed by atoms with Gasteiger partial charge in [0.1, 0.15) is 5.82 Å². The van der Waals surface area contributed by atoms with Crippen molar-refractivity contribution in [3.63, 3.8) is 0 Å². The van der Waals surface area contributed by atoms with E-state index in [9.17, 15) is 9.18 Å². The number of anilines is 1. The molecule has 134 valence electrons. The second kappa shape index (κ2) is 8.11. The van der Waals surface area contributed by atoms with Crippen LogP contribution < -0.4 is 5.32 Å². The van der Waals surface area contributed by atoms with Crippen LogP contribution in [-0.4, -0.2) is 20.9 Å². The zero-order valence-corrected chi connectivity index (χ0v) is 16.6. The van der Waals surface area contributed by atoms with Crippen molar-refractivity contribution in [2.45, 2.75) is 23.4 Å². The number of carbonyl (C=O) groups excluding carboxylic acids is 1. The molecule has 0 bridgehead atoms. The van der Waals surface area contributed by atoms with Crippen molar-refractivity contribution in [2.75, 3.05) is 5.32 Å². The third-order valence-corrected chi connectivity index (χ3v) is 6.03. The molecule has 3 rings (SSSR count). The normalized spacial score (nSPS) is 12.0. The molecule has 0 fully saturated rings. The van der Waals surface area contributed by atoms with Crippen molar-refractivity contribution in [2.24, 2.45) is 0 Å². The van der Waals surface area contributed by atoms with Gasteiger partial charge in [0.2, 0.25) is 5.91 Å². The zero-order chi connectivity index (χ0) is 18.7. The number of aryl methyl sites for hydroxylation is 1. The quantitative estimate of drug-likeness (QED) is 0.466. The van der Waals surface area contributed by atoms with Crippen LogP contribution in [-0.2, 0) is 4.79 Å². The van der Waals surface area contributed by atoms with Gasteiger partial charge in [-0.2, -0.15) is 0 Å². The number of hydrogen-bond acceptors (Lipinski definition) is 5. The Morgan fingerprint density at radius 2 is 2.08 bits per heavy atom. The Hall–Kier alpha value is -2.03. The Kier molecular flexibility index (Phi) is 5.85. The van der Waals surface area contributed by atoms with E-state index in [0.29, 0.717) is 14.0 Å². The lowest BCUT2D eigenvalue weighted by atomic mass is 10.2. The molecule has 2 aromatic carbocycles. The number of carbonyl (C=O) groups is 1. The SMILES string of the molecule is Cc1ccccc1-n1nc(S[C@H](C)C(=O)Nc2cccc(F)c2)sc1=S. The van der Waals surface area contributed by atoms with Gasteiger partial charge in [-0.15, -0.1) is 5.10 Å². The van der Waals surface area contributed by atoms with E-state index in [1.807, 2.05) is 31.2 Å². The van der Waals surface area contributed by atoms with E-state index < -0.39 is 11.1 Å². The van der Waals surface area contributed by atoms with Crippen LogP contribution in [0.15, 0.2) is 52.9 Å². The summed E-state index contributed by atoms with van der Waals surface area (Å²) < 4.78 is 16.3. The van der Waals surface area contributed by atoms with Crippen molar-refractivity contribution >= 4 is 46.9 Å². The minimum absolute atomic E-state index is 0.218. The third-order valence-electron chi connectivity index (χ3n) is 3.61. The first kappa shape index (κ1) is 18.8. The van der Waals surface area contributed by atoms with Gasteiger partial charge in [0.05, 0.1) is 10.9 Å². The number of para-hydroxylation sites is 1. The van der Waals surface area contributed by atoms with Crippen LogP contribution in [0.2, 0.25) is 0 Å². The summed E-state index contributed by atoms with van der Waals surface area (Å²) in [7, 11) is 0. The summed E-state index contributed by atoms with van der Waals surface area (Å²) in [6.07, 6.45) is 0. The fourth-order valence-corrected chi connectivity index (χ4v) is 4.77. The monoisotopic (exact) mass is 405 g/mol. The summed E-state index contributed by atoms with van der Waals surface area (Å²) in [6, 6.07) is 13.7. The molecular formula is C18H16FN3OS3. The van der Waals surface area contributed by atoms with Crippen LogP contribution in [0.25, 0.3) is 5.69 Å². The van der Waals surface area contributed by atoms with E-state index in [-0.39, 0.29) is 5.91 Å². The Morgan fingerprint density at radius 1 is 1.31 bits per heavy atom. The summed E-state index contributed by atoms with van der Waals surface area (Å²) >= 11 is 8.10. The molecule has 1 heterocycles. The maximum atomic E-state index is 13.2. The molecule has 0 unspecified atom stereocenters. The van der Waals surface area contributed by atoms with E-state index in [1.165, 1.54) is 35.2 Å². The largest absolute Gasteiger partial charge is 0.325 e. The van der Waals surface area contributed by atoms with Crippen LogP contribution in [0.5, 0.6) is 0 Å². The molecular weight excluding hydrogens is 389 g/mol. The predicted molar refractivity (Wildman–Crippen MR) is 107 cm³/mol. The van der Waals surface area contributed by atoms with Gasteiger partial charge < -0.3 is 5.32 Å². The Morgan fingerprint density at radius 3 is 2.81 bits per heavy atom. The fraction of sp³-hybridized carbons (Fsp3) is 0.167.